The van der Waals surface area contributed by atoms with Gasteiger partial charge in [0.05, 0.1) is 6.54 Å². The fourth-order valence-electron chi connectivity index (χ4n) is 1.30. The van der Waals surface area contributed by atoms with E-state index < -0.39 is 0 Å². The summed E-state index contributed by atoms with van der Waals surface area (Å²) in [6.45, 7) is 6.40. The molecule has 5 heteroatoms. The molecular formula is C13H18BrIN2O. The molecule has 0 saturated heterocycles. The molecule has 0 bridgehead atoms. The minimum absolute atomic E-state index is 0.0137. The van der Waals surface area contributed by atoms with Crippen molar-refractivity contribution >= 4 is 50.1 Å². The molecule has 0 heterocycles. The predicted octanol–water partition coefficient (Wildman–Crippen LogP) is 3.77. The first-order chi connectivity index (χ1) is 8.34. The number of amides is 1. The van der Waals surface area contributed by atoms with Crippen LogP contribution >= 0.6 is 38.5 Å². The Morgan fingerprint density at radius 2 is 2.11 bits per heavy atom. The van der Waals surface area contributed by atoms with Gasteiger partial charge >= 0.3 is 0 Å². The van der Waals surface area contributed by atoms with Crippen molar-refractivity contribution < 1.29 is 4.79 Å². The van der Waals surface area contributed by atoms with Gasteiger partial charge in [0, 0.05) is 19.3 Å². The highest BCUT2D eigenvalue weighted by atomic mass is 127. The number of anilines is 1. The van der Waals surface area contributed by atoms with Crippen molar-refractivity contribution in [1.29, 1.82) is 0 Å². The summed E-state index contributed by atoms with van der Waals surface area (Å²) in [5, 5.41) is 6.11. The van der Waals surface area contributed by atoms with Gasteiger partial charge in [-0.25, -0.2) is 0 Å². The summed E-state index contributed by atoms with van der Waals surface area (Å²) in [6, 6.07) is 5.92. The minimum atomic E-state index is -0.146. The van der Waals surface area contributed by atoms with Crippen LogP contribution in [0, 0.1) is 3.57 Å². The van der Waals surface area contributed by atoms with Gasteiger partial charge in [-0.1, -0.05) is 6.92 Å². The van der Waals surface area contributed by atoms with Gasteiger partial charge in [-0.05, 0) is 77.0 Å². The Bertz CT molecular complexity index is 435. The second-order valence-corrected chi connectivity index (χ2v) is 6.78. The first-order valence-corrected chi connectivity index (χ1v) is 7.71. The Morgan fingerprint density at radius 1 is 1.44 bits per heavy atom. The molecule has 2 N–H and O–H groups in total. The SMILES string of the molecule is CCC(C)(C)NC(=O)CNc1ccc(Br)c(I)c1. The number of rotatable bonds is 5. The number of hydrogen-bond donors (Lipinski definition) is 2. The fraction of sp³-hybridized carbons (Fsp3) is 0.462. The van der Waals surface area contributed by atoms with Crippen LogP contribution in [-0.2, 0) is 4.79 Å². The normalized spacial score (nSPS) is 11.2. The van der Waals surface area contributed by atoms with Gasteiger partial charge < -0.3 is 10.6 Å². The monoisotopic (exact) mass is 424 g/mol. The van der Waals surface area contributed by atoms with Gasteiger partial charge in [-0.3, -0.25) is 4.79 Å². The van der Waals surface area contributed by atoms with Crippen LogP contribution in [0.4, 0.5) is 5.69 Å². The van der Waals surface area contributed by atoms with Crippen LogP contribution in [0.2, 0.25) is 0 Å². The van der Waals surface area contributed by atoms with Crippen LogP contribution in [0.3, 0.4) is 0 Å². The first-order valence-electron chi connectivity index (χ1n) is 5.84. The Hall–Kier alpha value is -0.300. The molecule has 0 atom stereocenters. The maximum Gasteiger partial charge on any atom is 0.239 e. The van der Waals surface area contributed by atoms with Gasteiger partial charge in [-0.15, -0.1) is 0 Å². The van der Waals surface area contributed by atoms with E-state index in [1.54, 1.807) is 0 Å². The highest BCUT2D eigenvalue weighted by molar-refractivity contribution is 14.1. The topological polar surface area (TPSA) is 41.1 Å². The minimum Gasteiger partial charge on any atom is -0.376 e. The Morgan fingerprint density at radius 3 is 2.67 bits per heavy atom. The molecular weight excluding hydrogens is 407 g/mol. The van der Waals surface area contributed by atoms with E-state index >= 15 is 0 Å². The number of nitrogens with one attached hydrogen (secondary N) is 2. The predicted molar refractivity (Wildman–Crippen MR) is 87.9 cm³/mol. The maximum atomic E-state index is 11.8. The molecule has 0 fully saturated rings. The molecule has 1 aromatic carbocycles. The summed E-state index contributed by atoms with van der Waals surface area (Å²) in [5.41, 5.74) is 0.805. The highest BCUT2D eigenvalue weighted by Crippen LogP contribution is 2.22. The molecule has 100 valence electrons. The Kier molecular flexibility index (Phi) is 5.91. The van der Waals surface area contributed by atoms with Crippen LogP contribution in [-0.4, -0.2) is 18.0 Å². The van der Waals surface area contributed by atoms with Crippen molar-refractivity contribution in [3.63, 3.8) is 0 Å². The van der Waals surface area contributed by atoms with Crippen molar-refractivity contribution in [3.05, 3.63) is 26.2 Å². The Balaban J connectivity index is 2.50. The molecule has 0 radical (unpaired) electrons. The lowest BCUT2D eigenvalue weighted by Crippen LogP contribution is -2.45. The third-order valence-corrected chi connectivity index (χ3v) is 5.06. The molecule has 0 aromatic heterocycles. The van der Waals surface area contributed by atoms with Crippen molar-refractivity contribution in [1.82, 2.24) is 5.32 Å². The van der Waals surface area contributed by atoms with E-state index in [-0.39, 0.29) is 11.4 Å². The highest BCUT2D eigenvalue weighted by Gasteiger charge is 2.17. The van der Waals surface area contributed by atoms with Crippen molar-refractivity contribution in [2.24, 2.45) is 0 Å². The quantitative estimate of drug-likeness (QED) is 0.706. The van der Waals surface area contributed by atoms with E-state index in [9.17, 15) is 4.79 Å². The zero-order valence-electron chi connectivity index (χ0n) is 10.8. The molecule has 0 unspecified atom stereocenters. The van der Waals surface area contributed by atoms with Crippen LogP contribution in [0.1, 0.15) is 27.2 Å². The standard InChI is InChI=1S/C13H18BrIN2O/c1-4-13(2,3)17-12(18)8-16-9-5-6-10(14)11(15)7-9/h5-7,16H,4,8H2,1-3H3,(H,17,18). The molecule has 0 aliphatic carbocycles. The lowest BCUT2D eigenvalue weighted by atomic mass is 10.0. The molecule has 3 nitrogen and oxygen atoms in total. The summed E-state index contributed by atoms with van der Waals surface area (Å²) in [6.07, 6.45) is 0.912. The first kappa shape index (κ1) is 15.8. The van der Waals surface area contributed by atoms with E-state index in [0.29, 0.717) is 6.54 Å². The van der Waals surface area contributed by atoms with Gasteiger partial charge in [0.1, 0.15) is 0 Å². The lowest BCUT2D eigenvalue weighted by molar-refractivity contribution is -0.121. The van der Waals surface area contributed by atoms with Gasteiger partial charge in [0.2, 0.25) is 5.91 Å². The maximum absolute atomic E-state index is 11.8. The molecule has 18 heavy (non-hydrogen) atoms. The summed E-state index contributed by atoms with van der Waals surface area (Å²) < 4.78 is 2.18. The molecule has 0 saturated carbocycles. The van der Waals surface area contributed by atoms with Gasteiger partial charge in [0.25, 0.3) is 0 Å². The molecule has 1 amide bonds. The van der Waals surface area contributed by atoms with Crippen LogP contribution in [0.25, 0.3) is 0 Å². The number of carbonyl (C=O) groups is 1. The van der Waals surface area contributed by atoms with E-state index in [1.165, 1.54) is 0 Å². The second-order valence-electron chi connectivity index (χ2n) is 4.77. The van der Waals surface area contributed by atoms with Gasteiger partial charge in [-0.2, -0.15) is 0 Å². The fourth-order valence-corrected chi connectivity index (χ4v) is 2.06. The zero-order valence-corrected chi connectivity index (χ0v) is 14.6. The number of halogens is 2. The van der Waals surface area contributed by atoms with E-state index in [1.807, 2.05) is 32.0 Å². The molecule has 0 spiro atoms. The van der Waals surface area contributed by atoms with E-state index in [4.69, 9.17) is 0 Å². The third-order valence-electron chi connectivity index (χ3n) is 2.73. The summed E-state index contributed by atoms with van der Waals surface area (Å²) in [4.78, 5) is 11.8. The molecule has 1 rings (SSSR count). The summed E-state index contributed by atoms with van der Waals surface area (Å²) in [7, 11) is 0. The van der Waals surface area contributed by atoms with E-state index in [2.05, 4.69) is 56.1 Å². The molecule has 1 aromatic rings. The number of benzene rings is 1. The van der Waals surface area contributed by atoms with Crippen molar-refractivity contribution in [2.45, 2.75) is 32.7 Å². The number of carbonyl (C=O) groups excluding carboxylic acids is 1. The van der Waals surface area contributed by atoms with Crippen LogP contribution < -0.4 is 10.6 Å². The zero-order chi connectivity index (χ0) is 13.8. The largest absolute Gasteiger partial charge is 0.376 e. The van der Waals surface area contributed by atoms with Gasteiger partial charge in [0.15, 0.2) is 0 Å². The van der Waals surface area contributed by atoms with Crippen molar-refractivity contribution in [3.8, 4) is 0 Å². The van der Waals surface area contributed by atoms with E-state index in [0.717, 1.165) is 20.2 Å². The van der Waals surface area contributed by atoms with Crippen molar-refractivity contribution in [2.75, 3.05) is 11.9 Å². The molecule has 0 aliphatic rings. The van der Waals surface area contributed by atoms with Crippen LogP contribution in [0.5, 0.6) is 0 Å². The third kappa shape index (κ3) is 5.14. The van der Waals surface area contributed by atoms with Crippen LogP contribution in [0.15, 0.2) is 22.7 Å². The molecule has 0 aliphatic heterocycles. The summed E-state index contributed by atoms with van der Waals surface area (Å²) >= 11 is 5.69. The average molecular weight is 425 g/mol. The summed E-state index contributed by atoms with van der Waals surface area (Å²) in [5.74, 6) is 0.0137. The smallest absolute Gasteiger partial charge is 0.239 e. The average Bonchev–Trinajstić information content (AvgIpc) is 2.30. The second kappa shape index (κ2) is 6.75. The lowest BCUT2D eigenvalue weighted by Gasteiger charge is -2.24. The number of hydrogen-bond acceptors (Lipinski definition) is 2. The Labute approximate surface area is 130 Å².